The maximum Gasteiger partial charge on any atom is 0.227 e. The van der Waals surface area contributed by atoms with Gasteiger partial charge >= 0.3 is 0 Å². The van der Waals surface area contributed by atoms with Crippen LogP contribution in [0.15, 0.2) is 18.2 Å². The summed E-state index contributed by atoms with van der Waals surface area (Å²) in [6, 6.07) is 6.08. The number of anilines is 2. The first kappa shape index (κ1) is 18.5. The molecule has 0 spiro atoms. The lowest BCUT2D eigenvalue weighted by molar-refractivity contribution is -0.117. The van der Waals surface area contributed by atoms with Crippen molar-refractivity contribution in [3.63, 3.8) is 0 Å². The molecular formula is C19H24N4O2S. The highest BCUT2D eigenvalue weighted by Gasteiger charge is 2.34. The number of rotatable bonds is 6. The molecule has 1 N–H and O–H groups in total. The lowest BCUT2D eigenvalue weighted by atomic mass is 10.1. The van der Waals surface area contributed by atoms with Gasteiger partial charge in [-0.25, -0.2) is 0 Å². The fraction of sp³-hybridized carbons (Fsp3) is 0.474. The van der Waals surface area contributed by atoms with E-state index in [0.29, 0.717) is 24.5 Å². The first-order valence-corrected chi connectivity index (χ1v) is 9.80. The third kappa shape index (κ3) is 4.09. The predicted molar refractivity (Wildman–Crippen MR) is 104 cm³/mol. The van der Waals surface area contributed by atoms with Crippen LogP contribution < -0.4 is 10.2 Å². The second-order valence-electron chi connectivity index (χ2n) is 6.77. The molecule has 7 heteroatoms. The van der Waals surface area contributed by atoms with Gasteiger partial charge in [0.25, 0.3) is 0 Å². The fourth-order valence-corrected chi connectivity index (χ4v) is 3.84. The topological polar surface area (TPSA) is 75.2 Å². The van der Waals surface area contributed by atoms with E-state index in [4.69, 9.17) is 0 Å². The molecule has 1 saturated heterocycles. The number of benzene rings is 1. The molecule has 2 aromatic rings. The van der Waals surface area contributed by atoms with Crippen molar-refractivity contribution in [1.82, 2.24) is 10.2 Å². The van der Waals surface area contributed by atoms with Crippen molar-refractivity contribution in [1.29, 1.82) is 0 Å². The van der Waals surface area contributed by atoms with Crippen molar-refractivity contribution < 1.29 is 9.59 Å². The molecule has 0 aliphatic carbocycles. The van der Waals surface area contributed by atoms with Crippen LogP contribution in [-0.4, -0.2) is 28.6 Å². The van der Waals surface area contributed by atoms with E-state index in [-0.39, 0.29) is 17.7 Å². The number of hydrogen-bond donors (Lipinski definition) is 1. The number of unbranched alkanes of at least 4 members (excludes halogenated alkanes) is 1. The minimum Gasteiger partial charge on any atom is -0.312 e. The summed E-state index contributed by atoms with van der Waals surface area (Å²) in [6.07, 6.45) is 2.76. The zero-order chi connectivity index (χ0) is 18.7. The summed E-state index contributed by atoms with van der Waals surface area (Å²) in [6.45, 7) is 6.76. The monoisotopic (exact) mass is 372 g/mol. The van der Waals surface area contributed by atoms with Gasteiger partial charge in [0.05, 0.1) is 0 Å². The fourth-order valence-electron chi connectivity index (χ4n) is 2.99. The molecule has 1 aliphatic heterocycles. The SMILES string of the molecule is CCCCC(=O)Nc1nnc([C@@H]2CC(=O)N(c3ccc(C)c(C)c3)C2)s1. The van der Waals surface area contributed by atoms with Crippen LogP contribution in [0.25, 0.3) is 0 Å². The molecule has 1 aromatic carbocycles. The maximum absolute atomic E-state index is 12.5. The zero-order valence-electron chi connectivity index (χ0n) is 15.4. The van der Waals surface area contributed by atoms with Gasteiger partial charge in [-0.15, -0.1) is 10.2 Å². The third-order valence-corrected chi connectivity index (χ3v) is 5.72. The first-order valence-electron chi connectivity index (χ1n) is 8.98. The van der Waals surface area contributed by atoms with Crippen molar-refractivity contribution >= 4 is 34.0 Å². The largest absolute Gasteiger partial charge is 0.312 e. The van der Waals surface area contributed by atoms with Crippen LogP contribution in [0.1, 0.15) is 54.7 Å². The molecule has 3 rings (SSSR count). The van der Waals surface area contributed by atoms with Gasteiger partial charge in [-0.1, -0.05) is 30.7 Å². The number of aryl methyl sites for hydroxylation is 2. The Morgan fingerprint density at radius 2 is 2.12 bits per heavy atom. The number of hydrogen-bond acceptors (Lipinski definition) is 5. The summed E-state index contributed by atoms with van der Waals surface area (Å²) in [5.74, 6) is 0.0821. The molecule has 1 atom stereocenters. The van der Waals surface area contributed by atoms with Gasteiger partial charge in [-0.2, -0.15) is 0 Å². The Morgan fingerprint density at radius 3 is 2.85 bits per heavy atom. The number of carbonyl (C=O) groups is 2. The minimum absolute atomic E-state index is 0.0166. The number of amides is 2. The van der Waals surface area contributed by atoms with E-state index >= 15 is 0 Å². The highest BCUT2D eigenvalue weighted by Crippen LogP contribution is 2.34. The number of nitrogens with one attached hydrogen (secondary N) is 1. The molecule has 2 amide bonds. The molecule has 1 aliphatic rings. The van der Waals surface area contributed by atoms with Crippen molar-refractivity contribution in [2.24, 2.45) is 0 Å². The van der Waals surface area contributed by atoms with Crippen LogP contribution in [0.5, 0.6) is 0 Å². The van der Waals surface area contributed by atoms with Crippen molar-refractivity contribution in [2.45, 2.75) is 52.4 Å². The number of carbonyl (C=O) groups excluding carboxylic acids is 2. The second-order valence-corrected chi connectivity index (χ2v) is 7.78. The molecule has 2 heterocycles. The van der Waals surface area contributed by atoms with Gasteiger partial charge in [0.15, 0.2) is 0 Å². The third-order valence-electron chi connectivity index (χ3n) is 4.72. The van der Waals surface area contributed by atoms with Gasteiger partial charge in [0.1, 0.15) is 5.01 Å². The molecule has 1 fully saturated rings. The Kier molecular flexibility index (Phi) is 5.66. The van der Waals surface area contributed by atoms with Crippen LogP contribution in [0.3, 0.4) is 0 Å². The predicted octanol–water partition coefficient (Wildman–Crippen LogP) is 3.80. The average molecular weight is 372 g/mol. The molecular weight excluding hydrogens is 348 g/mol. The molecule has 0 bridgehead atoms. The summed E-state index contributed by atoms with van der Waals surface area (Å²) in [4.78, 5) is 26.1. The molecule has 0 radical (unpaired) electrons. The average Bonchev–Trinajstić information content (AvgIpc) is 3.22. The lowest BCUT2D eigenvalue weighted by Gasteiger charge is -2.17. The van der Waals surface area contributed by atoms with E-state index in [2.05, 4.69) is 42.4 Å². The van der Waals surface area contributed by atoms with Crippen molar-refractivity contribution in [3.05, 3.63) is 34.3 Å². The zero-order valence-corrected chi connectivity index (χ0v) is 16.2. The highest BCUT2D eigenvalue weighted by molar-refractivity contribution is 7.15. The van der Waals surface area contributed by atoms with Gasteiger partial charge in [0.2, 0.25) is 16.9 Å². The number of nitrogens with zero attached hydrogens (tertiary/aromatic N) is 3. The molecule has 0 saturated carbocycles. The Bertz CT molecular complexity index is 818. The van der Waals surface area contributed by atoms with E-state index < -0.39 is 0 Å². The van der Waals surface area contributed by atoms with E-state index in [0.717, 1.165) is 23.5 Å². The maximum atomic E-state index is 12.5. The molecule has 1 aromatic heterocycles. The number of aromatic nitrogens is 2. The van der Waals surface area contributed by atoms with Crippen molar-refractivity contribution in [3.8, 4) is 0 Å². The van der Waals surface area contributed by atoms with Gasteiger partial charge in [0, 0.05) is 31.0 Å². The van der Waals surface area contributed by atoms with Crippen LogP contribution in [0.4, 0.5) is 10.8 Å². The van der Waals surface area contributed by atoms with E-state index in [1.165, 1.54) is 22.5 Å². The van der Waals surface area contributed by atoms with Gasteiger partial charge in [-0.05, 0) is 43.5 Å². The molecule has 138 valence electrons. The summed E-state index contributed by atoms with van der Waals surface area (Å²) in [5.41, 5.74) is 3.31. The Labute approximate surface area is 157 Å². The Hall–Kier alpha value is -2.28. The Morgan fingerprint density at radius 1 is 1.31 bits per heavy atom. The standard InChI is InChI=1S/C19H24N4O2S/c1-4-5-6-16(24)20-19-22-21-18(26-19)14-10-17(25)23(11-14)15-8-7-12(2)13(3)9-15/h7-9,14H,4-6,10-11H2,1-3H3,(H,20,22,24)/t14-/m1/s1. The van der Waals surface area contributed by atoms with E-state index in [1.54, 1.807) is 0 Å². The summed E-state index contributed by atoms with van der Waals surface area (Å²) < 4.78 is 0. The molecule has 26 heavy (non-hydrogen) atoms. The smallest absolute Gasteiger partial charge is 0.227 e. The second kappa shape index (κ2) is 7.95. The van der Waals surface area contributed by atoms with Crippen molar-refractivity contribution in [2.75, 3.05) is 16.8 Å². The summed E-state index contributed by atoms with van der Waals surface area (Å²) in [5, 5.41) is 12.4. The molecule has 0 unspecified atom stereocenters. The van der Waals surface area contributed by atoms with Gasteiger partial charge in [-0.3, -0.25) is 9.59 Å². The quantitative estimate of drug-likeness (QED) is 0.837. The molecule has 6 nitrogen and oxygen atoms in total. The lowest BCUT2D eigenvalue weighted by Crippen LogP contribution is -2.24. The van der Waals surface area contributed by atoms with E-state index in [9.17, 15) is 9.59 Å². The van der Waals surface area contributed by atoms with Crippen LogP contribution in [-0.2, 0) is 9.59 Å². The van der Waals surface area contributed by atoms with Crippen LogP contribution >= 0.6 is 11.3 Å². The normalized spacial score (nSPS) is 17.0. The summed E-state index contributed by atoms with van der Waals surface area (Å²) in [7, 11) is 0. The summed E-state index contributed by atoms with van der Waals surface area (Å²) >= 11 is 1.36. The van der Waals surface area contributed by atoms with E-state index in [1.807, 2.05) is 17.0 Å². The van der Waals surface area contributed by atoms with Crippen LogP contribution in [0, 0.1) is 13.8 Å². The van der Waals surface area contributed by atoms with Gasteiger partial charge < -0.3 is 10.2 Å². The Balaban J connectivity index is 1.67. The highest BCUT2D eigenvalue weighted by atomic mass is 32.1. The minimum atomic E-state index is -0.0335. The van der Waals surface area contributed by atoms with Crippen LogP contribution in [0.2, 0.25) is 0 Å². The first-order chi connectivity index (χ1) is 12.5.